The Morgan fingerprint density at radius 3 is 2.67 bits per heavy atom. The number of aromatic nitrogens is 2. The number of allylic oxidation sites excluding steroid dienone is 1. The van der Waals surface area contributed by atoms with Crippen molar-refractivity contribution in [2.75, 3.05) is 11.4 Å². The molecule has 1 amide bonds. The highest BCUT2D eigenvalue weighted by Crippen LogP contribution is 2.26. The zero-order chi connectivity index (χ0) is 21.5. The molecule has 152 valence electrons. The Morgan fingerprint density at radius 1 is 1.27 bits per heavy atom. The highest BCUT2D eigenvalue weighted by molar-refractivity contribution is 8.00. The Balaban J connectivity index is 1.94. The number of amides is 1. The van der Waals surface area contributed by atoms with E-state index in [-0.39, 0.29) is 17.9 Å². The summed E-state index contributed by atoms with van der Waals surface area (Å²) in [5.41, 5.74) is 1.17. The molecule has 2 aromatic carbocycles. The average molecular weight is 419 g/mol. The maximum Gasteiger partial charge on any atom is 0.262 e. The molecule has 0 saturated heterocycles. The van der Waals surface area contributed by atoms with E-state index in [1.807, 2.05) is 36.4 Å². The third kappa shape index (κ3) is 4.61. The van der Waals surface area contributed by atoms with Gasteiger partial charge in [0.05, 0.1) is 28.6 Å². The predicted octanol–water partition coefficient (Wildman–Crippen LogP) is 4.01. The molecule has 1 heterocycles. The third-order valence-electron chi connectivity index (χ3n) is 4.55. The van der Waals surface area contributed by atoms with Crippen LogP contribution in [0.3, 0.4) is 0 Å². The highest BCUT2D eigenvalue weighted by Gasteiger charge is 2.25. The number of rotatable bonds is 8. The van der Waals surface area contributed by atoms with Crippen LogP contribution in [0.15, 0.2) is 77.2 Å². The lowest BCUT2D eigenvalue weighted by Crippen LogP contribution is -2.37. The smallest absolute Gasteiger partial charge is 0.262 e. The minimum absolute atomic E-state index is 0.144. The molecule has 6 nitrogen and oxygen atoms in total. The van der Waals surface area contributed by atoms with E-state index in [0.29, 0.717) is 29.1 Å². The molecule has 0 radical (unpaired) electrons. The number of anilines is 1. The van der Waals surface area contributed by atoms with Crippen LogP contribution in [0.4, 0.5) is 5.69 Å². The van der Waals surface area contributed by atoms with E-state index >= 15 is 0 Å². The second-order valence-electron chi connectivity index (χ2n) is 6.61. The van der Waals surface area contributed by atoms with Crippen molar-refractivity contribution in [2.45, 2.75) is 30.3 Å². The minimum atomic E-state index is -0.506. The standard InChI is InChI=1S/C23H22N4O2S/c1-3-15-27-22(29)19-12-7-8-13-20(19)25-23(27)30-17(2)21(28)26(16-9-14-24)18-10-5-4-6-11-18/h3-8,10-13,17H,1,9,15-16H2,2H3/t17-/m1/s1. The van der Waals surface area contributed by atoms with Crippen LogP contribution in [0.2, 0.25) is 0 Å². The zero-order valence-corrected chi connectivity index (χ0v) is 17.5. The molecule has 7 heteroatoms. The molecular formula is C23H22N4O2S. The summed E-state index contributed by atoms with van der Waals surface area (Å²) in [6.45, 7) is 6.12. The van der Waals surface area contributed by atoms with Gasteiger partial charge in [0.1, 0.15) is 0 Å². The topological polar surface area (TPSA) is 79.0 Å². The third-order valence-corrected chi connectivity index (χ3v) is 5.63. The number of benzene rings is 2. The van der Waals surface area contributed by atoms with Gasteiger partial charge in [0.25, 0.3) is 5.56 Å². The fourth-order valence-electron chi connectivity index (χ4n) is 3.09. The van der Waals surface area contributed by atoms with Gasteiger partial charge < -0.3 is 4.90 Å². The Morgan fingerprint density at radius 2 is 1.97 bits per heavy atom. The first-order valence-corrected chi connectivity index (χ1v) is 10.4. The maximum atomic E-state index is 13.2. The summed E-state index contributed by atoms with van der Waals surface area (Å²) in [6.07, 6.45) is 1.87. The van der Waals surface area contributed by atoms with Gasteiger partial charge in [-0.25, -0.2) is 4.98 Å². The van der Waals surface area contributed by atoms with E-state index in [1.165, 1.54) is 16.3 Å². The zero-order valence-electron chi connectivity index (χ0n) is 16.7. The van der Waals surface area contributed by atoms with Crippen LogP contribution in [0.25, 0.3) is 10.9 Å². The largest absolute Gasteiger partial charge is 0.310 e. The monoisotopic (exact) mass is 418 g/mol. The average Bonchev–Trinajstić information content (AvgIpc) is 2.77. The van der Waals surface area contributed by atoms with Crippen molar-refractivity contribution < 1.29 is 4.79 Å². The fourth-order valence-corrected chi connectivity index (χ4v) is 4.07. The van der Waals surface area contributed by atoms with Crippen LogP contribution in [-0.4, -0.2) is 27.3 Å². The summed E-state index contributed by atoms with van der Waals surface area (Å²) >= 11 is 1.23. The molecule has 3 rings (SSSR count). The molecule has 0 unspecified atom stereocenters. The predicted molar refractivity (Wildman–Crippen MR) is 121 cm³/mol. The summed E-state index contributed by atoms with van der Waals surface area (Å²) in [6, 6.07) is 18.5. The molecule has 1 atom stereocenters. The number of nitriles is 1. The summed E-state index contributed by atoms with van der Waals surface area (Å²) in [7, 11) is 0. The number of nitrogens with zero attached hydrogens (tertiary/aromatic N) is 4. The summed E-state index contributed by atoms with van der Waals surface area (Å²) in [5.74, 6) is -0.144. The number of carbonyl (C=O) groups excluding carboxylic acids is 1. The number of para-hydroxylation sites is 2. The maximum absolute atomic E-state index is 13.2. The van der Waals surface area contributed by atoms with Crippen LogP contribution < -0.4 is 10.5 Å². The van der Waals surface area contributed by atoms with E-state index in [9.17, 15) is 9.59 Å². The second kappa shape index (κ2) is 9.90. The Labute approximate surface area is 179 Å². The molecule has 3 aromatic rings. The van der Waals surface area contributed by atoms with Crippen molar-refractivity contribution >= 4 is 34.3 Å². The number of hydrogen-bond acceptors (Lipinski definition) is 5. The van der Waals surface area contributed by atoms with Gasteiger partial charge in [0.2, 0.25) is 5.91 Å². The highest BCUT2D eigenvalue weighted by atomic mass is 32.2. The Kier molecular flexibility index (Phi) is 7.04. The van der Waals surface area contributed by atoms with Crippen LogP contribution in [0.5, 0.6) is 0 Å². The molecule has 0 spiro atoms. The summed E-state index contributed by atoms with van der Waals surface area (Å²) < 4.78 is 1.53. The second-order valence-corrected chi connectivity index (χ2v) is 7.92. The van der Waals surface area contributed by atoms with Gasteiger partial charge in [0.15, 0.2) is 5.16 Å². The number of fused-ring (bicyclic) bond motifs is 1. The van der Waals surface area contributed by atoms with Crippen molar-refractivity contribution in [1.82, 2.24) is 9.55 Å². The Bertz CT molecular complexity index is 1150. The van der Waals surface area contributed by atoms with Gasteiger partial charge in [-0.15, -0.1) is 6.58 Å². The van der Waals surface area contributed by atoms with Gasteiger partial charge >= 0.3 is 0 Å². The van der Waals surface area contributed by atoms with E-state index in [0.717, 1.165) is 5.69 Å². The minimum Gasteiger partial charge on any atom is -0.310 e. The van der Waals surface area contributed by atoms with Crippen molar-refractivity contribution in [1.29, 1.82) is 5.26 Å². The first-order chi connectivity index (χ1) is 14.6. The van der Waals surface area contributed by atoms with Crippen LogP contribution in [0, 0.1) is 11.3 Å². The number of thioether (sulfide) groups is 1. The van der Waals surface area contributed by atoms with Crippen molar-refractivity contribution in [3.63, 3.8) is 0 Å². The molecule has 0 N–H and O–H groups in total. The first kappa shape index (κ1) is 21.3. The SMILES string of the molecule is C=CCn1c(S[C@H](C)C(=O)N(CCC#N)c2ccccc2)nc2ccccc2c1=O. The molecule has 0 bridgehead atoms. The lowest BCUT2D eigenvalue weighted by molar-refractivity contribution is -0.117. The number of hydrogen-bond donors (Lipinski definition) is 0. The molecule has 30 heavy (non-hydrogen) atoms. The lowest BCUT2D eigenvalue weighted by atomic mass is 10.2. The lowest BCUT2D eigenvalue weighted by Gasteiger charge is -2.25. The molecule has 0 aliphatic carbocycles. The van der Waals surface area contributed by atoms with Crippen LogP contribution >= 0.6 is 11.8 Å². The fraction of sp³-hybridized carbons (Fsp3) is 0.217. The van der Waals surface area contributed by atoms with Gasteiger partial charge in [-0.3, -0.25) is 14.2 Å². The quantitative estimate of drug-likeness (QED) is 0.314. The van der Waals surface area contributed by atoms with Gasteiger partial charge in [-0.2, -0.15) is 5.26 Å². The summed E-state index contributed by atoms with van der Waals surface area (Å²) in [4.78, 5) is 32.4. The van der Waals surface area contributed by atoms with E-state index in [2.05, 4.69) is 17.6 Å². The molecule has 1 aromatic heterocycles. The van der Waals surface area contributed by atoms with Crippen molar-refractivity contribution in [3.05, 3.63) is 77.6 Å². The Hall–Kier alpha value is -3.37. The summed E-state index contributed by atoms with van der Waals surface area (Å²) in [5, 5.41) is 9.48. The molecule has 0 aliphatic heterocycles. The van der Waals surface area contributed by atoms with Crippen LogP contribution in [0.1, 0.15) is 13.3 Å². The molecular weight excluding hydrogens is 396 g/mol. The van der Waals surface area contributed by atoms with Crippen molar-refractivity contribution in [2.24, 2.45) is 0 Å². The van der Waals surface area contributed by atoms with Gasteiger partial charge in [-0.05, 0) is 31.2 Å². The molecule has 0 aliphatic rings. The molecule has 0 fully saturated rings. The van der Waals surface area contributed by atoms with Crippen molar-refractivity contribution in [3.8, 4) is 6.07 Å². The van der Waals surface area contributed by atoms with E-state index in [1.54, 1.807) is 36.1 Å². The van der Waals surface area contributed by atoms with Gasteiger partial charge in [-0.1, -0.05) is 48.2 Å². The normalized spacial score (nSPS) is 11.6. The van der Waals surface area contributed by atoms with E-state index in [4.69, 9.17) is 5.26 Å². The first-order valence-electron chi connectivity index (χ1n) is 9.57. The van der Waals surface area contributed by atoms with E-state index < -0.39 is 5.25 Å². The molecule has 0 saturated carbocycles. The van der Waals surface area contributed by atoms with Gasteiger partial charge in [0, 0.05) is 18.8 Å². The van der Waals surface area contributed by atoms with Crippen LogP contribution in [-0.2, 0) is 11.3 Å². The number of carbonyl (C=O) groups is 1.